The molecule has 4 aromatic rings. The molecular formula is C65H90N14O19S2. The van der Waals surface area contributed by atoms with Gasteiger partial charge in [-0.05, 0) is 74.5 Å². The number of carbonyl (C=O) groups is 12. The fraction of sp³-hybridized carbons (Fsp3) is 0.508. The van der Waals surface area contributed by atoms with Crippen LogP contribution in [0.3, 0.4) is 0 Å². The molecule has 2 unspecified atom stereocenters. The number of nitrogens with zero attached hydrogens (tertiary/aromatic N) is 4. The van der Waals surface area contributed by atoms with Crippen molar-refractivity contribution < 1.29 is 93.3 Å². The summed E-state index contributed by atoms with van der Waals surface area (Å²) in [5.41, 5.74) is 7.96. The number of benzene rings is 3. The molecule has 2 aliphatic heterocycles. The molecule has 0 radical (unpaired) electrons. The van der Waals surface area contributed by atoms with Crippen molar-refractivity contribution in [3.05, 3.63) is 102 Å². The molecule has 0 spiro atoms. The highest BCUT2D eigenvalue weighted by Crippen LogP contribution is 2.25. The van der Waals surface area contributed by atoms with Crippen LogP contribution in [0.15, 0.2) is 85.1 Å². The number of phenols is 1. The second-order valence-corrected chi connectivity index (χ2v) is 27.0. The quantitative estimate of drug-likeness (QED) is 0.0215. The number of hydrogen-bond donors (Lipinski definition) is 17. The van der Waals surface area contributed by atoms with Gasteiger partial charge in [-0.2, -0.15) is 0 Å². The zero-order chi connectivity index (χ0) is 73.0. The van der Waals surface area contributed by atoms with Gasteiger partial charge >= 0.3 is 23.9 Å². The fourth-order valence-corrected chi connectivity index (χ4v) is 13.4. The molecule has 2 fully saturated rings. The standard InChI is InChI=1S/C65H90N14O19S2/c1-38(80)56-64(96)73-51(63(95)75-57(39(2)81)65(97)98)37-100-99-36-50(72-59(91)47(28-40-10-4-3-5-11-40)68-52(83)32-76-20-22-77(33-53(84)85)24-26-79(35-55(88)89)27-25-78(23-21-76)34-54(86)87)62(94)70-48(29-41-15-17-43(82)18-16-41)60(92)71-49(30-42-31-67-45-13-7-6-12-44(42)45)61(93)69-46(58(90)74-56)14-8-9-19-66/h3-7,10-13,15-18,31,38-39,46-51,56-57,67,80-82H,8-9,14,19-30,32-37,66H2,1-2H3,(H,68,83)(H,69,93)(H,70,94)(H,71,92)(H,72,91)(H,73,96)(H,74,90)(H,75,95)(H,84,85)(H,86,87)(H,88,89)(H,97,98)/t38?,39?,46-,47+,48-,49+,50-,51-,56-,57-/m0/s1. The summed E-state index contributed by atoms with van der Waals surface area (Å²) in [5.74, 6) is -14.0. The number of aromatic nitrogens is 1. The highest BCUT2D eigenvalue weighted by atomic mass is 33.1. The number of unbranched alkanes of at least 4 members (excludes halogenated alkanes) is 1. The van der Waals surface area contributed by atoms with Gasteiger partial charge in [0.15, 0.2) is 6.04 Å². The van der Waals surface area contributed by atoms with E-state index >= 15 is 14.4 Å². The topological polar surface area (TPSA) is 497 Å². The van der Waals surface area contributed by atoms with Crippen molar-refractivity contribution in [1.82, 2.24) is 67.1 Å². The molecule has 2 saturated heterocycles. The highest BCUT2D eigenvalue weighted by molar-refractivity contribution is 8.76. The normalized spacial score (nSPS) is 21.9. The molecule has 8 amide bonds. The molecule has 6 rings (SSSR count). The van der Waals surface area contributed by atoms with Gasteiger partial charge in [0.2, 0.25) is 47.3 Å². The minimum Gasteiger partial charge on any atom is -0.508 e. The van der Waals surface area contributed by atoms with Gasteiger partial charge in [0, 0.05) is 100 Å². The van der Waals surface area contributed by atoms with E-state index in [0.29, 0.717) is 34.0 Å². The van der Waals surface area contributed by atoms with Crippen molar-refractivity contribution >= 4 is 104 Å². The fourth-order valence-electron chi connectivity index (χ4n) is 11.1. The number of amides is 8. The molecule has 2 aliphatic rings. The molecule has 0 saturated carbocycles. The van der Waals surface area contributed by atoms with Crippen LogP contribution >= 0.6 is 21.6 Å². The van der Waals surface area contributed by atoms with Gasteiger partial charge in [-0.1, -0.05) is 82.3 Å². The summed E-state index contributed by atoms with van der Waals surface area (Å²) in [6.45, 7) is 1.38. The molecule has 35 heteroatoms. The Bertz CT molecular complexity index is 3410. The minimum absolute atomic E-state index is 0.0426. The number of H-pyrrole nitrogens is 1. The predicted octanol–water partition coefficient (Wildman–Crippen LogP) is -3.37. The Balaban J connectivity index is 1.41. The summed E-state index contributed by atoms with van der Waals surface area (Å²) >= 11 is 0. The van der Waals surface area contributed by atoms with E-state index in [4.69, 9.17) is 5.73 Å². The molecule has 546 valence electrons. The van der Waals surface area contributed by atoms with Gasteiger partial charge in [-0.25, -0.2) is 4.79 Å². The number of rotatable bonds is 26. The maximum absolute atomic E-state index is 15.3. The largest absolute Gasteiger partial charge is 0.508 e. The molecule has 1 aromatic heterocycles. The SMILES string of the molecule is CC(O)[C@H](NC(=O)[C@@H]1CSSC[C@H](NC(=O)[C@@H](Cc2ccccc2)NC(=O)CN2CCN(CC(=O)O)CCN(CC(=O)O)CCN(CC(=O)O)CC2)C(=O)N[C@@H](Cc2ccc(O)cc2)C(=O)N[C@H](Cc2c[nH]c3ccccc23)C(=O)N[C@@H](CCCCN)C(=O)N[C@@H](C(C)O)C(=O)N1)C(=O)O. The number of carboxylic acid groups (broad SMARTS) is 4. The van der Waals surface area contributed by atoms with Gasteiger partial charge in [0.05, 0.1) is 38.4 Å². The number of hydrogen-bond acceptors (Lipinski definition) is 22. The Labute approximate surface area is 584 Å². The van der Waals surface area contributed by atoms with Crippen LogP contribution in [-0.2, 0) is 76.8 Å². The number of phenolic OH excluding ortho intramolecular Hbond substituents is 1. The van der Waals surface area contributed by atoms with E-state index in [1.54, 1.807) is 80.4 Å². The van der Waals surface area contributed by atoms with E-state index in [2.05, 4.69) is 47.5 Å². The number of fused-ring (bicyclic) bond motifs is 1. The molecule has 0 aliphatic carbocycles. The summed E-state index contributed by atoms with van der Waals surface area (Å²) in [6, 6.07) is 7.92. The summed E-state index contributed by atoms with van der Waals surface area (Å²) in [4.78, 5) is 176. The van der Waals surface area contributed by atoms with Gasteiger partial charge in [-0.3, -0.25) is 72.3 Å². The summed E-state index contributed by atoms with van der Waals surface area (Å²) in [6.07, 6.45) is -1.92. The zero-order valence-corrected chi connectivity index (χ0v) is 57.1. The summed E-state index contributed by atoms with van der Waals surface area (Å²) in [7, 11) is 1.66. The number of nitrogens with two attached hydrogens (primary N) is 1. The predicted molar refractivity (Wildman–Crippen MR) is 367 cm³/mol. The Morgan fingerprint density at radius 1 is 0.580 bits per heavy atom. The Morgan fingerprint density at radius 2 is 1.10 bits per heavy atom. The Morgan fingerprint density at radius 3 is 1.65 bits per heavy atom. The van der Waals surface area contributed by atoms with E-state index in [-0.39, 0.29) is 103 Å². The first kappa shape index (κ1) is 80.0. The second-order valence-electron chi connectivity index (χ2n) is 24.5. The number of nitrogens with one attached hydrogen (secondary N) is 9. The smallest absolute Gasteiger partial charge is 0.328 e. The number of para-hydroxylation sites is 1. The summed E-state index contributed by atoms with van der Waals surface area (Å²) in [5, 5.41) is 92.4. The number of carbonyl (C=O) groups excluding carboxylic acids is 8. The van der Waals surface area contributed by atoms with E-state index in [9.17, 15) is 78.9 Å². The van der Waals surface area contributed by atoms with Crippen LogP contribution in [0, 0.1) is 0 Å². The van der Waals surface area contributed by atoms with Crippen LogP contribution in [0.25, 0.3) is 10.9 Å². The third kappa shape index (κ3) is 26.6. The van der Waals surface area contributed by atoms with E-state index in [1.165, 1.54) is 24.3 Å². The molecule has 100 heavy (non-hydrogen) atoms. The Kier molecular flexibility index (Phi) is 32.3. The molecule has 0 bridgehead atoms. The van der Waals surface area contributed by atoms with Gasteiger partial charge in [-0.15, -0.1) is 0 Å². The molecular weight excluding hydrogens is 1340 g/mol. The number of aliphatic hydroxyl groups excluding tert-OH is 2. The van der Waals surface area contributed by atoms with Gasteiger partial charge in [0.1, 0.15) is 48.0 Å². The maximum Gasteiger partial charge on any atom is 0.328 e. The molecule has 3 heterocycles. The Hall–Kier alpha value is -8.94. The van der Waals surface area contributed by atoms with E-state index in [0.717, 1.165) is 35.4 Å². The molecule has 33 nitrogen and oxygen atoms in total. The lowest BCUT2D eigenvalue weighted by Gasteiger charge is -2.33. The molecule has 10 atom stereocenters. The van der Waals surface area contributed by atoms with Crippen molar-refractivity contribution in [2.75, 3.05) is 96.6 Å². The lowest BCUT2D eigenvalue weighted by Crippen LogP contribution is -2.62. The van der Waals surface area contributed by atoms with Crippen molar-refractivity contribution in [1.29, 1.82) is 0 Å². The number of aliphatic carboxylic acids is 4. The minimum atomic E-state index is -1.91. The number of aromatic hydroxyl groups is 1. The van der Waals surface area contributed by atoms with Gasteiger partial charge < -0.3 is 89.0 Å². The van der Waals surface area contributed by atoms with Crippen LogP contribution in [0.4, 0.5) is 0 Å². The summed E-state index contributed by atoms with van der Waals surface area (Å²) < 4.78 is 0. The number of aliphatic hydroxyl groups is 2. The molecule has 3 aromatic carbocycles. The van der Waals surface area contributed by atoms with Crippen molar-refractivity contribution in [2.45, 2.75) is 113 Å². The third-order valence-electron chi connectivity index (χ3n) is 16.6. The molecule has 18 N–H and O–H groups in total. The van der Waals surface area contributed by atoms with Crippen LogP contribution in [0.5, 0.6) is 5.75 Å². The van der Waals surface area contributed by atoms with Crippen LogP contribution in [0.1, 0.15) is 49.8 Å². The lowest BCUT2D eigenvalue weighted by molar-refractivity contribution is -0.145. The average molecular weight is 1440 g/mol. The van der Waals surface area contributed by atoms with Crippen molar-refractivity contribution in [3.63, 3.8) is 0 Å². The average Bonchev–Trinajstić information content (AvgIpc) is 1.59. The van der Waals surface area contributed by atoms with Crippen molar-refractivity contribution in [3.8, 4) is 5.75 Å². The first-order chi connectivity index (χ1) is 47.7. The van der Waals surface area contributed by atoms with Crippen molar-refractivity contribution in [2.24, 2.45) is 5.73 Å². The third-order valence-corrected chi connectivity index (χ3v) is 19.0. The van der Waals surface area contributed by atoms with Gasteiger partial charge in [0.25, 0.3) is 0 Å². The van der Waals surface area contributed by atoms with Crippen LogP contribution in [-0.4, -0.2) is 289 Å². The first-order valence-electron chi connectivity index (χ1n) is 32.5. The lowest BCUT2D eigenvalue weighted by atomic mass is 10.0. The number of carboxylic acids is 4. The first-order valence-corrected chi connectivity index (χ1v) is 35.0. The highest BCUT2D eigenvalue weighted by Gasteiger charge is 2.38. The number of aromatic amines is 1. The zero-order valence-electron chi connectivity index (χ0n) is 55.4. The monoisotopic (exact) mass is 1430 g/mol. The van der Waals surface area contributed by atoms with Crippen LogP contribution < -0.4 is 48.3 Å². The van der Waals surface area contributed by atoms with Crippen LogP contribution in [0.2, 0.25) is 0 Å². The second kappa shape index (κ2) is 40.3. The van der Waals surface area contributed by atoms with E-state index in [1.807, 2.05) is 0 Å². The van der Waals surface area contributed by atoms with E-state index < -0.39 is 163 Å². The maximum atomic E-state index is 15.3.